The lowest BCUT2D eigenvalue weighted by Crippen LogP contribution is -2.45. The lowest BCUT2D eigenvalue weighted by Gasteiger charge is -2.33. The summed E-state index contributed by atoms with van der Waals surface area (Å²) >= 11 is 0. The molecule has 1 saturated heterocycles. The van der Waals surface area contributed by atoms with Gasteiger partial charge < -0.3 is 14.9 Å². The quantitative estimate of drug-likeness (QED) is 0.874. The number of likely N-dealkylation sites (N-methyl/N-ethyl adjacent to an activating group) is 1. The van der Waals surface area contributed by atoms with E-state index in [9.17, 15) is 18.0 Å². The Morgan fingerprint density at radius 2 is 1.90 bits per heavy atom. The first-order valence-corrected chi connectivity index (χ1v) is 6.28. The number of carboxylic acid groups (broad SMARTS) is 1. The highest BCUT2D eigenvalue weighted by Crippen LogP contribution is 2.33. The SMILES string of the molecule is CN1CCN(c2cc(C(F)(F)F)cc(NC(=O)O)n2)CC1. The van der Waals surface area contributed by atoms with Gasteiger partial charge in [-0.3, -0.25) is 5.32 Å². The Morgan fingerprint density at radius 3 is 2.43 bits per heavy atom. The molecule has 1 amide bonds. The molecule has 1 fully saturated rings. The number of aromatic nitrogens is 1. The van der Waals surface area contributed by atoms with Crippen LogP contribution in [0.15, 0.2) is 12.1 Å². The van der Waals surface area contributed by atoms with E-state index < -0.39 is 17.8 Å². The Kier molecular flexibility index (Phi) is 4.21. The van der Waals surface area contributed by atoms with Crippen LogP contribution in [0, 0.1) is 0 Å². The van der Waals surface area contributed by atoms with Crippen LogP contribution in [-0.4, -0.2) is 54.3 Å². The number of pyridine rings is 1. The van der Waals surface area contributed by atoms with Gasteiger partial charge in [0.2, 0.25) is 0 Å². The van der Waals surface area contributed by atoms with Gasteiger partial charge in [-0.15, -0.1) is 0 Å². The number of anilines is 2. The normalized spacial score (nSPS) is 16.9. The summed E-state index contributed by atoms with van der Waals surface area (Å²) in [6.07, 6.45) is -6.01. The molecular formula is C12H15F3N4O2. The van der Waals surface area contributed by atoms with E-state index in [1.807, 2.05) is 12.4 Å². The summed E-state index contributed by atoms with van der Waals surface area (Å²) in [5, 5.41) is 10.5. The van der Waals surface area contributed by atoms with Crippen LogP contribution in [0.4, 0.5) is 29.6 Å². The largest absolute Gasteiger partial charge is 0.465 e. The maximum Gasteiger partial charge on any atom is 0.416 e. The fourth-order valence-electron chi connectivity index (χ4n) is 2.05. The summed E-state index contributed by atoms with van der Waals surface area (Å²) in [5.41, 5.74) is -0.921. The van der Waals surface area contributed by atoms with Crippen molar-refractivity contribution in [3.05, 3.63) is 17.7 Å². The lowest BCUT2D eigenvalue weighted by atomic mass is 10.2. The van der Waals surface area contributed by atoms with E-state index in [1.54, 1.807) is 4.90 Å². The van der Waals surface area contributed by atoms with Gasteiger partial charge in [-0.1, -0.05) is 0 Å². The van der Waals surface area contributed by atoms with Crippen molar-refractivity contribution in [3.63, 3.8) is 0 Å². The van der Waals surface area contributed by atoms with Crippen LogP contribution in [0.5, 0.6) is 0 Å². The molecule has 1 aromatic rings. The molecule has 2 heterocycles. The summed E-state index contributed by atoms with van der Waals surface area (Å²) in [5.74, 6) is -0.201. The van der Waals surface area contributed by atoms with Crippen LogP contribution < -0.4 is 10.2 Å². The molecule has 1 aromatic heterocycles. The van der Waals surface area contributed by atoms with Gasteiger partial charge in [0.25, 0.3) is 0 Å². The Labute approximate surface area is 119 Å². The third-order valence-corrected chi connectivity index (χ3v) is 3.20. The molecule has 1 aliphatic heterocycles. The minimum absolute atomic E-state index is 0.127. The summed E-state index contributed by atoms with van der Waals surface area (Å²) < 4.78 is 38.7. The molecule has 0 aliphatic carbocycles. The number of piperazine rings is 1. The zero-order chi connectivity index (χ0) is 15.6. The van der Waals surface area contributed by atoms with Gasteiger partial charge >= 0.3 is 12.3 Å². The van der Waals surface area contributed by atoms with Gasteiger partial charge in [0.1, 0.15) is 11.6 Å². The smallest absolute Gasteiger partial charge is 0.416 e. The van der Waals surface area contributed by atoms with Gasteiger partial charge in [0.15, 0.2) is 0 Å². The number of halogens is 3. The van der Waals surface area contributed by atoms with Crippen molar-refractivity contribution in [2.24, 2.45) is 0 Å². The van der Waals surface area contributed by atoms with Gasteiger partial charge in [-0.25, -0.2) is 9.78 Å². The number of amides is 1. The standard InChI is InChI=1S/C12H15F3N4O2/c1-18-2-4-19(5-3-18)10-7-8(12(13,14)15)6-9(16-10)17-11(20)21/h6-7H,2-5H2,1H3,(H,16,17)(H,20,21). The summed E-state index contributed by atoms with van der Waals surface area (Å²) in [7, 11) is 1.92. The maximum atomic E-state index is 12.9. The molecule has 6 nitrogen and oxygen atoms in total. The van der Waals surface area contributed by atoms with Gasteiger partial charge in [-0.2, -0.15) is 13.2 Å². The Bertz CT molecular complexity index is 528. The average molecular weight is 304 g/mol. The molecule has 0 unspecified atom stereocenters. The molecule has 21 heavy (non-hydrogen) atoms. The minimum atomic E-state index is -4.56. The molecule has 2 rings (SSSR count). The maximum absolute atomic E-state index is 12.9. The zero-order valence-corrected chi connectivity index (χ0v) is 11.3. The predicted molar refractivity (Wildman–Crippen MR) is 70.6 cm³/mol. The van der Waals surface area contributed by atoms with Crippen molar-refractivity contribution >= 4 is 17.7 Å². The number of nitrogens with one attached hydrogen (secondary N) is 1. The monoisotopic (exact) mass is 304 g/mol. The van der Waals surface area contributed by atoms with E-state index in [0.29, 0.717) is 32.2 Å². The van der Waals surface area contributed by atoms with Gasteiger partial charge in [0.05, 0.1) is 5.56 Å². The number of rotatable bonds is 2. The molecular weight excluding hydrogens is 289 g/mol. The van der Waals surface area contributed by atoms with E-state index in [4.69, 9.17) is 5.11 Å². The second kappa shape index (κ2) is 5.76. The topological polar surface area (TPSA) is 68.7 Å². The predicted octanol–water partition coefficient (Wildman–Crippen LogP) is 1.94. The number of hydrogen-bond acceptors (Lipinski definition) is 4. The summed E-state index contributed by atoms with van der Waals surface area (Å²) in [4.78, 5) is 18.3. The van der Waals surface area contributed by atoms with Crippen LogP contribution in [0.3, 0.4) is 0 Å². The fraction of sp³-hybridized carbons (Fsp3) is 0.500. The number of nitrogens with zero attached hydrogens (tertiary/aromatic N) is 3. The van der Waals surface area contributed by atoms with Crippen LogP contribution in [-0.2, 0) is 6.18 Å². The third kappa shape index (κ3) is 3.97. The van der Waals surface area contributed by atoms with Crippen molar-refractivity contribution in [3.8, 4) is 0 Å². The molecule has 9 heteroatoms. The van der Waals surface area contributed by atoms with Crippen molar-refractivity contribution in [1.82, 2.24) is 9.88 Å². The van der Waals surface area contributed by atoms with E-state index in [1.165, 1.54) is 0 Å². The molecule has 2 N–H and O–H groups in total. The van der Waals surface area contributed by atoms with Crippen LogP contribution in [0.2, 0.25) is 0 Å². The zero-order valence-electron chi connectivity index (χ0n) is 11.3. The molecule has 0 atom stereocenters. The average Bonchev–Trinajstić information content (AvgIpc) is 2.37. The van der Waals surface area contributed by atoms with Crippen molar-refractivity contribution in [2.75, 3.05) is 43.4 Å². The van der Waals surface area contributed by atoms with Crippen molar-refractivity contribution in [2.45, 2.75) is 6.18 Å². The highest BCUT2D eigenvalue weighted by molar-refractivity contribution is 5.82. The van der Waals surface area contributed by atoms with E-state index in [2.05, 4.69) is 9.88 Å². The van der Waals surface area contributed by atoms with Gasteiger partial charge in [-0.05, 0) is 19.2 Å². The fourth-order valence-corrected chi connectivity index (χ4v) is 2.05. The second-order valence-corrected chi connectivity index (χ2v) is 4.82. The van der Waals surface area contributed by atoms with E-state index >= 15 is 0 Å². The molecule has 0 bridgehead atoms. The molecule has 1 aliphatic rings. The third-order valence-electron chi connectivity index (χ3n) is 3.20. The first-order valence-electron chi connectivity index (χ1n) is 6.28. The molecule has 0 aromatic carbocycles. The molecule has 0 radical (unpaired) electrons. The first-order chi connectivity index (χ1) is 9.75. The highest BCUT2D eigenvalue weighted by Gasteiger charge is 2.32. The Balaban J connectivity index is 2.33. The number of hydrogen-bond donors (Lipinski definition) is 2. The molecule has 0 spiro atoms. The Hall–Kier alpha value is -2.03. The van der Waals surface area contributed by atoms with Crippen molar-refractivity contribution < 1.29 is 23.1 Å². The summed E-state index contributed by atoms with van der Waals surface area (Å²) in [6, 6.07) is 1.63. The number of alkyl halides is 3. The van der Waals surface area contributed by atoms with Crippen LogP contribution in [0.25, 0.3) is 0 Å². The van der Waals surface area contributed by atoms with E-state index in [-0.39, 0.29) is 11.6 Å². The molecule has 116 valence electrons. The Morgan fingerprint density at radius 1 is 1.29 bits per heavy atom. The second-order valence-electron chi connectivity index (χ2n) is 4.82. The minimum Gasteiger partial charge on any atom is -0.465 e. The highest BCUT2D eigenvalue weighted by atomic mass is 19.4. The van der Waals surface area contributed by atoms with Crippen LogP contribution >= 0.6 is 0 Å². The summed E-state index contributed by atoms with van der Waals surface area (Å²) in [6.45, 7) is 2.49. The van der Waals surface area contributed by atoms with Crippen LogP contribution in [0.1, 0.15) is 5.56 Å². The van der Waals surface area contributed by atoms with Crippen molar-refractivity contribution in [1.29, 1.82) is 0 Å². The van der Waals surface area contributed by atoms with E-state index in [0.717, 1.165) is 6.07 Å². The lowest BCUT2D eigenvalue weighted by molar-refractivity contribution is -0.137. The first kappa shape index (κ1) is 15.4. The number of carbonyl (C=O) groups is 1. The molecule has 0 saturated carbocycles. The van der Waals surface area contributed by atoms with Gasteiger partial charge in [0, 0.05) is 26.2 Å².